The molecule has 1 aliphatic heterocycles. The Balaban J connectivity index is 1.97. The summed E-state index contributed by atoms with van der Waals surface area (Å²) < 4.78 is 1.96. The van der Waals surface area contributed by atoms with Crippen molar-refractivity contribution in [3.63, 3.8) is 0 Å². The van der Waals surface area contributed by atoms with E-state index in [4.69, 9.17) is 0 Å². The van der Waals surface area contributed by atoms with Crippen LogP contribution in [0, 0.1) is 5.92 Å². The molecule has 0 radical (unpaired) electrons. The molecule has 1 fully saturated rings. The number of nitrogens with zero attached hydrogens (tertiary/aromatic N) is 2. The van der Waals surface area contributed by atoms with E-state index in [9.17, 15) is 4.79 Å². The molecule has 1 aromatic rings. The highest BCUT2D eigenvalue weighted by Gasteiger charge is 2.29. The molecule has 2 heterocycles. The van der Waals surface area contributed by atoms with Crippen LogP contribution in [0.5, 0.6) is 0 Å². The number of hydrogen-bond donors (Lipinski definition) is 1. The van der Waals surface area contributed by atoms with Gasteiger partial charge in [-0.15, -0.1) is 0 Å². The van der Waals surface area contributed by atoms with E-state index in [1.807, 2.05) is 16.9 Å². The zero-order chi connectivity index (χ0) is 13.1. The molecule has 0 aromatic carbocycles. The van der Waals surface area contributed by atoms with Crippen molar-refractivity contribution in [3.8, 4) is 0 Å². The first kappa shape index (κ1) is 13.3. The maximum atomic E-state index is 12.2. The second kappa shape index (κ2) is 5.65. The Morgan fingerprint density at radius 3 is 3.06 bits per heavy atom. The quantitative estimate of drug-likeness (QED) is 0.867. The van der Waals surface area contributed by atoms with E-state index in [2.05, 4.69) is 31.2 Å². The van der Waals surface area contributed by atoms with Gasteiger partial charge in [-0.25, -0.2) is 0 Å². The molecular weight excluding hydrogens is 226 g/mol. The number of carbonyl (C=O) groups excluding carboxylic acids is 1. The predicted octanol–water partition coefficient (Wildman–Crippen LogP) is 1.96. The lowest BCUT2D eigenvalue weighted by atomic mass is 9.94. The maximum Gasteiger partial charge on any atom is 0.143 e. The van der Waals surface area contributed by atoms with Gasteiger partial charge in [-0.3, -0.25) is 9.48 Å². The fourth-order valence-corrected chi connectivity index (χ4v) is 2.51. The summed E-state index contributed by atoms with van der Waals surface area (Å²) in [7, 11) is 0. The monoisotopic (exact) mass is 249 g/mol. The highest BCUT2D eigenvalue weighted by atomic mass is 16.1. The molecule has 0 aliphatic carbocycles. The van der Waals surface area contributed by atoms with Crippen LogP contribution in [0.4, 0.5) is 0 Å². The molecule has 1 aromatic heterocycles. The van der Waals surface area contributed by atoms with Crippen molar-refractivity contribution >= 4 is 5.78 Å². The zero-order valence-electron chi connectivity index (χ0n) is 11.5. The Bertz CT molecular complexity index is 413. The lowest BCUT2D eigenvalue weighted by Gasteiger charge is -2.12. The van der Waals surface area contributed by atoms with Gasteiger partial charge in [0.15, 0.2) is 0 Å². The number of aromatic nitrogens is 2. The van der Waals surface area contributed by atoms with Crippen molar-refractivity contribution in [3.05, 3.63) is 18.0 Å². The summed E-state index contributed by atoms with van der Waals surface area (Å²) in [6.45, 7) is 7.33. The Morgan fingerprint density at radius 1 is 1.67 bits per heavy atom. The van der Waals surface area contributed by atoms with Crippen molar-refractivity contribution in [1.82, 2.24) is 15.1 Å². The van der Waals surface area contributed by atoms with Crippen LogP contribution in [0.15, 0.2) is 12.3 Å². The van der Waals surface area contributed by atoms with Crippen LogP contribution in [-0.2, 0) is 11.2 Å². The van der Waals surface area contributed by atoms with E-state index in [0.29, 0.717) is 24.3 Å². The lowest BCUT2D eigenvalue weighted by molar-refractivity contribution is -0.122. The minimum Gasteiger partial charge on any atom is -0.314 e. The van der Waals surface area contributed by atoms with Gasteiger partial charge in [0.25, 0.3) is 0 Å². The van der Waals surface area contributed by atoms with E-state index >= 15 is 0 Å². The first-order valence-electron chi connectivity index (χ1n) is 6.92. The summed E-state index contributed by atoms with van der Waals surface area (Å²) in [4.78, 5) is 12.2. The van der Waals surface area contributed by atoms with Crippen molar-refractivity contribution in [2.24, 2.45) is 5.92 Å². The molecule has 18 heavy (non-hydrogen) atoms. The summed E-state index contributed by atoms with van der Waals surface area (Å²) in [6.07, 6.45) is 4.47. The molecule has 4 heteroatoms. The van der Waals surface area contributed by atoms with Gasteiger partial charge in [0, 0.05) is 24.2 Å². The van der Waals surface area contributed by atoms with E-state index in [0.717, 1.165) is 25.1 Å². The van der Waals surface area contributed by atoms with Gasteiger partial charge >= 0.3 is 0 Å². The molecular formula is C14H23N3O. The van der Waals surface area contributed by atoms with Gasteiger partial charge in [0.2, 0.25) is 0 Å². The van der Waals surface area contributed by atoms with Crippen molar-refractivity contribution in [1.29, 1.82) is 0 Å². The van der Waals surface area contributed by atoms with Crippen molar-refractivity contribution in [2.45, 2.75) is 52.1 Å². The fraction of sp³-hybridized carbons (Fsp3) is 0.714. The predicted molar refractivity (Wildman–Crippen MR) is 71.5 cm³/mol. The molecule has 0 amide bonds. The van der Waals surface area contributed by atoms with Crippen LogP contribution in [-0.4, -0.2) is 28.2 Å². The molecule has 1 saturated heterocycles. The number of Topliss-reactive ketones (excluding diaryl/α,β-unsaturated/α-hetero) is 1. The molecule has 100 valence electrons. The first-order chi connectivity index (χ1) is 8.61. The van der Waals surface area contributed by atoms with Crippen molar-refractivity contribution in [2.75, 3.05) is 6.54 Å². The Labute approximate surface area is 109 Å². The lowest BCUT2D eigenvalue weighted by Crippen LogP contribution is -2.29. The highest BCUT2D eigenvalue weighted by Crippen LogP contribution is 2.18. The second-order valence-electron chi connectivity index (χ2n) is 5.33. The number of ketones is 1. The smallest absolute Gasteiger partial charge is 0.143 e. The zero-order valence-corrected chi connectivity index (χ0v) is 11.5. The number of nitrogens with one attached hydrogen (secondary N) is 1. The maximum absolute atomic E-state index is 12.2. The SMILES string of the molecule is CCC(C)n1ccc(CC(=O)C2CCNC2C)n1. The van der Waals surface area contributed by atoms with Gasteiger partial charge in [-0.2, -0.15) is 5.10 Å². The van der Waals surface area contributed by atoms with Crippen LogP contribution in [0.3, 0.4) is 0 Å². The van der Waals surface area contributed by atoms with Gasteiger partial charge in [-0.1, -0.05) is 6.92 Å². The topological polar surface area (TPSA) is 46.9 Å². The van der Waals surface area contributed by atoms with E-state index in [1.165, 1.54) is 0 Å². The largest absolute Gasteiger partial charge is 0.314 e. The standard InChI is InChI=1S/C14H23N3O/c1-4-10(2)17-8-6-12(16-17)9-14(18)13-5-7-15-11(13)3/h6,8,10-11,13,15H,4-5,7,9H2,1-3H3. The van der Waals surface area contributed by atoms with E-state index in [1.54, 1.807) is 0 Å². The third-order valence-corrected chi connectivity index (χ3v) is 4.00. The highest BCUT2D eigenvalue weighted by molar-refractivity contribution is 5.83. The Kier molecular flexibility index (Phi) is 4.17. The summed E-state index contributed by atoms with van der Waals surface area (Å²) >= 11 is 0. The Hall–Kier alpha value is -1.16. The van der Waals surface area contributed by atoms with Crippen LogP contribution >= 0.6 is 0 Å². The van der Waals surface area contributed by atoms with E-state index in [-0.39, 0.29) is 5.92 Å². The first-order valence-corrected chi connectivity index (χ1v) is 6.92. The van der Waals surface area contributed by atoms with Gasteiger partial charge in [0.1, 0.15) is 5.78 Å². The minimum absolute atomic E-state index is 0.166. The Morgan fingerprint density at radius 2 is 2.44 bits per heavy atom. The summed E-state index contributed by atoms with van der Waals surface area (Å²) in [5, 5.41) is 7.82. The van der Waals surface area contributed by atoms with Crippen LogP contribution in [0.2, 0.25) is 0 Å². The molecule has 0 spiro atoms. The summed E-state index contributed by atoms with van der Waals surface area (Å²) in [5.74, 6) is 0.487. The summed E-state index contributed by atoms with van der Waals surface area (Å²) in [5.41, 5.74) is 0.902. The van der Waals surface area contributed by atoms with Gasteiger partial charge < -0.3 is 5.32 Å². The molecule has 1 N–H and O–H groups in total. The molecule has 1 aliphatic rings. The second-order valence-corrected chi connectivity index (χ2v) is 5.33. The molecule has 3 unspecified atom stereocenters. The molecule has 0 saturated carbocycles. The minimum atomic E-state index is 0.166. The average molecular weight is 249 g/mol. The van der Waals surface area contributed by atoms with Crippen molar-refractivity contribution < 1.29 is 4.79 Å². The summed E-state index contributed by atoms with van der Waals surface area (Å²) in [6, 6.07) is 2.69. The fourth-order valence-electron chi connectivity index (χ4n) is 2.51. The normalized spacial score (nSPS) is 25.3. The molecule has 4 nitrogen and oxygen atoms in total. The van der Waals surface area contributed by atoms with Gasteiger partial charge in [0.05, 0.1) is 12.1 Å². The van der Waals surface area contributed by atoms with Crippen LogP contribution in [0.1, 0.15) is 45.3 Å². The number of hydrogen-bond acceptors (Lipinski definition) is 3. The van der Waals surface area contributed by atoms with Crippen LogP contribution in [0.25, 0.3) is 0 Å². The van der Waals surface area contributed by atoms with Gasteiger partial charge in [-0.05, 0) is 39.3 Å². The third-order valence-electron chi connectivity index (χ3n) is 4.00. The molecule has 0 bridgehead atoms. The third kappa shape index (κ3) is 2.80. The number of carbonyl (C=O) groups is 1. The molecule has 2 rings (SSSR count). The average Bonchev–Trinajstić information content (AvgIpc) is 2.97. The van der Waals surface area contributed by atoms with E-state index < -0.39 is 0 Å². The molecule has 3 atom stereocenters. The number of rotatable bonds is 5. The van der Waals surface area contributed by atoms with Crippen LogP contribution < -0.4 is 5.32 Å².